The number of nitrogens with zero attached hydrogens (tertiary/aromatic N) is 2. The fourth-order valence-electron chi connectivity index (χ4n) is 1.02. The highest BCUT2D eigenvalue weighted by Gasteiger charge is 1.96. The summed E-state index contributed by atoms with van der Waals surface area (Å²) < 4.78 is 0. The van der Waals surface area contributed by atoms with Gasteiger partial charge in [-0.3, -0.25) is 0 Å². The van der Waals surface area contributed by atoms with Crippen molar-refractivity contribution in [1.82, 2.24) is 9.97 Å². The summed E-state index contributed by atoms with van der Waals surface area (Å²) in [5.41, 5.74) is 0. The number of aromatic nitrogens is 2. The summed E-state index contributed by atoms with van der Waals surface area (Å²) in [4.78, 5) is 9.09. The van der Waals surface area contributed by atoms with Crippen LogP contribution in [0.2, 0.25) is 5.28 Å². The molecule has 1 N–H and O–H groups in total. The summed E-state index contributed by atoms with van der Waals surface area (Å²) in [7, 11) is 0. The van der Waals surface area contributed by atoms with Gasteiger partial charge in [-0.05, 0) is 29.1 Å². The van der Waals surface area contributed by atoms with E-state index in [0.29, 0.717) is 0 Å². The van der Waals surface area contributed by atoms with Crippen LogP contribution in [-0.4, -0.2) is 9.97 Å². The molecule has 3 nitrogen and oxygen atoms in total. The van der Waals surface area contributed by atoms with Crippen LogP contribution in [0.5, 0.6) is 0 Å². The maximum Gasteiger partial charge on any atom is 0.224 e. The summed E-state index contributed by atoms with van der Waals surface area (Å²) >= 11 is 7.35. The first-order valence-electron chi connectivity index (χ1n) is 4.09. The van der Waals surface area contributed by atoms with Gasteiger partial charge in [0.2, 0.25) is 5.28 Å². The summed E-state index contributed by atoms with van der Waals surface area (Å²) in [5.74, 6) is 0.749. The van der Waals surface area contributed by atoms with Crippen LogP contribution in [0.4, 0.5) is 5.82 Å². The van der Waals surface area contributed by atoms with Crippen molar-refractivity contribution in [1.29, 1.82) is 0 Å². The number of halogens is 1. The molecule has 14 heavy (non-hydrogen) atoms. The van der Waals surface area contributed by atoms with Gasteiger partial charge >= 0.3 is 0 Å². The summed E-state index contributed by atoms with van der Waals surface area (Å²) in [6.45, 7) is 0.769. The number of thiophene rings is 1. The Kier molecular flexibility index (Phi) is 2.96. The summed E-state index contributed by atoms with van der Waals surface area (Å²) in [6, 6.07) is 5.88. The van der Waals surface area contributed by atoms with Gasteiger partial charge in [0, 0.05) is 11.1 Å². The second-order valence-electron chi connectivity index (χ2n) is 2.64. The van der Waals surface area contributed by atoms with Crippen molar-refractivity contribution in [2.75, 3.05) is 5.32 Å². The first kappa shape index (κ1) is 9.43. The Hall–Kier alpha value is -1.13. The van der Waals surface area contributed by atoms with E-state index in [-0.39, 0.29) is 5.28 Å². The van der Waals surface area contributed by atoms with Gasteiger partial charge in [-0.1, -0.05) is 6.07 Å². The Morgan fingerprint density at radius 3 is 3.07 bits per heavy atom. The van der Waals surface area contributed by atoms with Gasteiger partial charge in [-0.2, -0.15) is 0 Å². The Bertz CT molecular complexity index is 402. The minimum Gasteiger partial charge on any atom is -0.365 e. The topological polar surface area (TPSA) is 37.8 Å². The van der Waals surface area contributed by atoms with Crippen LogP contribution < -0.4 is 5.32 Å². The van der Waals surface area contributed by atoms with E-state index in [9.17, 15) is 0 Å². The van der Waals surface area contributed by atoms with Crippen LogP contribution in [0.3, 0.4) is 0 Å². The van der Waals surface area contributed by atoms with E-state index in [1.165, 1.54) is 4.88 Å². The number of rotatable bonds is 3. The van der Waals surface area contributed by atoms with E-state index in [0.717, 1.165) is 12.4 Å². The maximum absolute atomic E-state index is 5.65. The third kappa shape index (κ3) is 2.43. The predicted molar refractivity (Wildman–Crippen MR) is 58.7 cm³/mol. The molecule has 2 rings (SSSR count). The van der Waals surface area contributed by atoms with Gasteiger partial charge in [-0.15, -0.1) is 11.3 Å². The first-order chi connectivity index (χ1) is 6.84. The molecule has 0 atom stereocenters. The fourth-order valence-corrected chi connectivity index (χ4v) is 1.82. The van der Waals surface area contributed by atoms with E-state index < -0.39 is 0 Å². The quantitative estimate of drug-likeness (QED) is 0.817. The SMILES string of the molecule is Clc1nccc(NCc2cccs2)n1. The molecule has 0 fully saturated rings. The lowest BCUT2D eigenvalue weighted by atomic mass is 10.4. The van der Waals surface area contributed by atoms with Crippen molar-refractivity contribution in [3.8, 4) is 0 Å². The standard InChI is InChI=1S/C9H8ClN3S/c10-9-11-4-3-8(13-9)12-6-7-2-1-5-14-7/h1-5H,6H2,(H,11,12,13). The van der Waals surface area contributed by atoms with Crippen molar-refractivity contribution in [2.24, 2.45) is 0 Å². The second-order valence-corrected chi connectivity index (χ2v) is 4.01. The Balaban J connectivity index is 1.98. The molecule has 2 aromatic heterocycles. The highest BCUT2D eigenvalue weighted by Crippen LogP contribution is 2.11. The van der Waals surface area contributed by atoms with Crippen LogP contribution in [0.1, 0.15) is 4.88 Å². The molecular formula is C9H8ClN3S. The van der Waals surface area contributed by atoms with Crippen LogP contribution >= 0.6 is 22.9 Å². The molecule has 0 spiro atoms. The minimum atomic E-state index is 0.265. The minimum absolute atomic E-state index is 0.265. The highest BCUT2D eigenvalue weighted by atomic mass is 35.5. The van der Waals surface area contributed by atoms with Gasteiger partial charge < -0.3 is 5.32 Å². The zero-order valence-electron chi connectivity index (χ0n) is 7.27. The molecule has 0 aliphatic rings. The Morgan fingerprint density at radius 1 is 1.43 bits per heavy atom. The van der Waals surface area contributed by atoms with Crippen molar-refractivity contribution < 1.29 is 0 Å². The molecule has 2 aromatic rings. The Morgan fingerprint density at radius 2 is 2.36 bits per heavy atom. The Labute approximate surface area is 90.8 Å². The van der Waals surface area contributed by atoms with E-state index in [1.807, 2.05) is 11.4 Å². The average Bonchev–Trinajstić information content (AvgIpc) is 2.67. The zero-order chi connectivity index (χ0) is 9.80. The molecule has 0 saturated heterocycles. The molecule has 2 heterocycles. The number of anilines is 1. The van der Waals surface area contributed by atoms with Gasteiger partial charge in [0.1, 0.15) is 5.82 Å². The van der Waals surface area contributed by atoms with Crippen LogP contribution in [0.25, 0.3) is 0 Å². The number of nitrogens with one attached hydrogen (secondary N) is 1. The molecule has 0 bridgehead atoms. The molecular weight excluding hydrogens is 218 g/mol. The van der Waals surface area contributed by atoms with Crippen molar-refractivity contribution in [3.63, 3.8) is 0 Å². The van der Waals surface area contributed by atoms with E-state index in [4.69, 9.17) is 11.6 Å². The highest BCUT2D eigenvalue weighted by molar-refractivity contribution is 7.09. The smallest absolute Gasteiger partial charge is 0.224 e. The lowest BCUT2D eigenvalue weighted by molar-refractivity contribution is 1.10. The third-order valence-electron chi connectivity index (χ3n) is 1.65. The average molecular weight is 226 g/mol. The monoisotopic (exact) mass is 225 g/mol. The lowest BCUT2D eigenvalue weighted by Gasteiger charge is -2.02. The number of hydrogen-bond acceptors (Lipinski definition) is 4. The second kappa shape index (κ2) is 4.39. The normalized spacial score (nSPS) is 10.1. The van der Waals surface area contributed by atoms with Crippen molar-refractivity contribution in [2.45, 2.75) is 6.54 Å². The van der Waals surface area contributed by atoms with E-state index in [2.05, 4.69) is 21.4 Å². The third-order valence-corrected chi connectivity index (χ3v) is 2.71. The number of hydrogen-bond donors (Lipinski definition) is 1. The lowest BCUT2D eigenvalue weighted by Crippen LogP contribution is -1.99. The molecule has 0 aliphatic carbocycles. The van der Waals surface area contributed by atoms with Crippen LogP contribution in [-0.2, 0) is 6.54 Å². The van der Waals surface area contributed by atoms with Crippen molar-refractivity contribution in [3.05, 3.63) is 39.9 Å². The maximum atomic E-state index is 5.65. The molecule has 0 saturated carbocycles. The molecule has 5 heteroatoms. The van der Waals surface area contributed by atoms with Gasteiger partial charge in [-0.25, -0.2) is 9.97 Å². The van der Waals surface area contributed by atoms with Crippen molar-refractivity contribution >= 4 is 28.8 Å². The first-order valence-corrected chi connectivity index (χ1v) is 5.35. The summed E-state index contributed by atoms with van der Waals surface area (Å²) in [5, 5.41) is 5.47. The van der Waals surface area contributed by atoms with E-state index >= 15 is 0 Å². The molecule has 0 aromatic carbocycles. The predicted octanol–water partition coefficient (Wildman–Crippen LogP) is 2.80. The van der Waals surface area contributed by atoms with Crippen LogP contribution in [0, 0.1) is 0 Å². The van der Waals surface area contributed by atoms with E-state index in [1.54, 1.807) is 23.6 Å². The molecule has 0 amide bonds. The largest absolute Gasteiger partial charge is 0.365 e. The molecule has 0 aliphatic heterocycles. The van der Waals surface area contributed by atoms with Gasteiger partial charge in [0.25, 0.3) is 0 Å². The summed E-state index contributed by atoms with van der Waals surface area (Å²) in [6.07, 6.45) is 1.63. The fraction of sp³-hybridized carbons (Fsp3) is 0.111. The molecule has 0 radical (unpaired) electrons. The molecule has 72 valence electrons. The van der Waals surface area contributed by atoms with Gasteiger partial charge in [0.05, 0.1) is 6.54 Å². The van der Waals surface area contributed by atoms with Crippen LogP contribution in [0.15, 0.2) is 29.8 Å². The molecule has 0 unspecified atom stereocenters. The zero-order valence-corrected chi connectivity index (χ0v) is 8.85. The van der Waals surface area contributed by atoms with Gasteiger partial charge in [0.15, 0.2) is 0 Å².